The number of benzene rings is 1. The molecule has 5 aromatic rings. The Labute approximate surface area is 205 Å². The summed E-state index contributed by atoms with van der Waals surface area (Å²) in [5.41, 5.74) is 5.14. The van der Waals surface area contributed by atoms with Gasteiger partial charge in [-0.15, -0.1) is 10.2 Å². The number of aromatic amines is 1. The minimum Gasteiger partial charge on any atom is -0.481 e. The third kappa shape index (κ3) is 3.35. The predicted octanol–water partition coefficient (Wildman–Crippen LogP) is 4.54. The first kappa shape index (κ1) is 21.3. The summed E-state index contributed by atoms with van der Waals surface area (Å²) < 4.78 is 7.04. The first-order valence-electron chi connectivity index (χ1n) is 11.0. The molecule has 0 saturated heterocycles. The lowest BCUT2D eigenvalue weighted by atomic mass is 10.0. The highest BCUT2D eigenvalue weighted by Crippen LogP contribution is 2.42. The number of anilines is 1. The molecule has 1 N–H and O–H groups in total. The van der Waals surface area contributed by atoms with Gasteiger partial charge in [0.05, 0.1) is 18.5 Å². The number of methoxy groups -OCH3 is 1. The van der Waals surface area contributed by atoms with Crippen molar-refractivity contribution >= 4 is 28.8 Å². The van der Waals surface area contributed by atoms with E-state index in [1.54, 1.807) is 24.3 Å². The number of carbonyl (C=O) groups is 1. The molecule has 0 saturated carbocycles. The number of imidazole rings is 1. The number of hydrogen-bond acceptors (Lipinski definition) is 6. The number of nitrogens with one attached hydrogen (secondary N) is 1. The summed E-state index contributed by atoms with van der Waals surface area (Å²) >= 11 is 6.17. The maximum atomic E-state index is 13.8. The SMILES string of the molecule is COc1ccc(-c2nc3c([nH]2)C(c2ccc(Cl)cc2)N(c2cc(C)c4nnc(C)n4c2)C3=O)cn1. The first-order valence-corrected chi connectivity index (χ1v) is 11.3. The van der Waals surface area contributed by atoms with E-state index in [1.807, 2.05) is 60.8 Å². The molecule has 1 amide bonds. The van der Waals surface area contributed by atoms with Crippen LogP contribution in [-0.4, -0.2) is 42.6 Å². The molecule has 1 aliphatic rings. The van der Waals surface area contributed by atoms with Crippen LogP contribution < -0.4 is 9.64 Å². The monoisotopic (exact) mass is 485 g/mol. The van der Waals surface area contributed by atoms with E-state index < -0.39 is 6.04 Å². The number of H-pyrrole nitrogens is 1. The zero-order valence-corrected chi connectivity index (χ0v) is 19.9. The van der Waals surface area contributed by atoms with Crippen molar-refractivity contribution in [3.8, 4) is 17.3 Å². The molecule has 5 heterocycles. The van der Waals surface area contributed by atoms with E-state index in [9.17, 15) is 4.79 Å². The average molecular weight is 486 g/mol. The van der Waals surface area contributed by atoms with Crippen LogP contribution in [0, 0.1) is 13.8 Å². The van der Waals surface area contributed by atoms with Crippen molar-refractivity contribution in [3.05, 3.63) is 88.2 Å². The fourth-order valence-electron chi connectivity index (χ4n) is 4.49. The van der Waals surface area contributed by atoms with Crippen LogP contribution in [0.3, 0.4) is 0 Å². The molecule has 0 spiro atoms. The quantitative estimate of drug-likeness (QED) is 0.401. The molecular formula is C25H20ClN7O2. The number of aromatic nitrogens is 6. The summed E-state index contributed by atoms with van der Waals surface area (Å²) in [6.07, 6.45) is 3.55. The largest absolute Gasteiger partial charge is 0.481 e. The van der Waals surface area contributed by atoms with E-state index in [0.717, 1.165) is 33.8 Å². The Morgan fingerprint density at radius 3 is 2.60 bits per heavy atom. The summed E-state index contributed by atoms with van der Waals surface area (Å²) in [7, 11) is 1.56. The van der Waals surface area contributed by atoms with Gasteiger partial charge in [0, 0.05) is 29.0 Å². The summed E-state index contributed by atoms with van der Waals surface area (Å²) in [6.45, 7) is 3.84. The highest BCUT2D eigenvalue weighted by Gasteiger charge is 2.42. The van der Waals surface area contributed by atoms with Gasteiger partial charge >= 0.3 is 0 Å². The van der Waals surface area contributed by atoms with Crippen molar-refractivity contribution in [2.75, 3.05) is 12.0 Å². The Morgan fingerprint density at radius 1 is 1.09 bits per heavy atom. The second-order valence-corrected chi connectivity index (χ2v) is 8.82. The Bertz CT molecular complexity index is 1590. The van der Waals surface area contributed by atoms with Crippen molar-refractivity contribution in [1.82, 2.24) is 29.5 Å². The van der Waals surface area contributed by atoms with Crippen LogP contribution in [0.2, 0.25) is 5.02 Å². The van der Waals surface area contributed by atoms with Crippen molar-refractivity contribution in [2.45, 2.75) is 19.9 Å². The molecular weight excluding hydrogens is 466 g/mol. The zero-order valence-electron chi connectivity index (χ0n) is 19.2. The lowest BCUT2D eigenvalue weighted by molar-refractivity contribution is 0.0989. The van der Waals surface area contributed by atoms with E-state index >= 15 is 0 Å². The van der Waals surface area contributed by atoms with Gasteiger partial charge in [0.1, 0.15) is 17.7 Å². The predicted molar refractivity (Wildman–Crippen MR) is 131 cm³/mol. The molecule has 1 aromatic carbocycles. The molecule has 9 nitrogen and oxygen atoms in total. The molecule has 0 aliphatic carbocycles. The second kappa shape index (κ2) is 7.92. The molecule has 174 valence electrons. The topological polar surface area (TPSA) is 101 Å². The van der Waals surface area contributed by atoms with Crippen LogP contribution in [0.25, 0.3) is 17.0 Å². The van der Waals surface area contributed by atoms with Crippen molar-refractivity contribution in [3.63, 3.8) is 0 Å². The molecule has 35 heavy (non-hydrogen) atoms. The lowest BCUT2D eigenvalue weighted by Crippen LogP contribution is -2.29. The highest BCUT2D eigenvalue weighted by atomic mass is 35.5. The molecule has 1 aliphatic heterocycles. The Hall–Kier alpha value is -4.24. The molecule has 4 aromatic heterocycles. The van der Waals surface area contributed by atoms with Gasteiger partial charge in [-0.25, -0.2) is 9.97 Å². The number of rotatable bonds is 4. The van der Waals surface area contributed by atoms with Gasteiger partial charge in [-0.1, -0.05) is 23.7 Å². The van der Waals surface area contributed by atoms with E-state index in [1.165, 1.54) is 0 Å². The minimum atomic E-state index is -0.420. The number of pyridine rings is 2. The van der Waals surface area contributed by atoms with E-state index in [4.69, 9.17) is 16.3 Å². The summed E-state index contributed by atoms with van der Waals surface area (Å²) in [5, 5.41) is 9.04. The summed E-state index contributed by atoms with van der Waals surface area (Å²) in [6, 6.07) is 12.6. The first-order chi connectivity index (χ1) is 16.9. The van der Waals surface area contributed by atoms with Crippen LogP contribution in [0.1, 0.15) is 39.2 Å². The summed E-state index contributed by atoms with van der Waals surface area (Å²) in [4.78, 5) is 27.9. The second-order valence-electron chi connectivity index (χ2n) is 8.39. The number of ether oxygens (including phenoxy) is 1. The molecule has 1 atom stereocenters. The van der Waals surface area contributed by atoms with Gasteiger partial charge in [0.25, 0.3) is 5.91 Å². The van der Waals surface area contributed by atoms with Crippen LogP contribution in [0.5, 0.6) is 5.88 Å². The summed E-state index contributed by atoms with van der Waals surface area (Å²) in [5.74, 6) is 1.61. The number of nitrogens with zero attached hydrogens (tertiary/aromatic N) is 6. The Balaban J connectivity index is 1.51. The van der Waals surface area contributed by atoms with Crippen molar-refractivity contribution in [1.29, 1.82) is 0 Å². The van der Waals surface area contributed by atoms with Crippen LogP contribution in [0.4, 0.5) is 5.69 Å². The third-order valence-electron chi connectivity index (χ3n) is 6.21. The number of halogens is 1. The van der Waals surface area contributed by atoms with Crippen LogP contribution >= 0.6 is 11.6 Å². The van der Waals surface area contributed by atoms with E-state index in [0.29, 0.717) is 28.1 Å². The number of amides is 1. The van der Waals surface area contributed by atoms with Gasteiger partial charge in [-0.2, -0.15) is 0 Å². The number of aryl methyl sites for hydroxylation is 2. The average Bonchev–Trinajstić information content (AvgIpc) is 3.54. The van der Waals surface area contributed by atoms with Crippen LogP contribution in [0.15, 0.2) is 54.9 Å². The standard InChI is InChI=1S/C25H20ClN7O2/c1-13-10-18(12-32-14(2)30-31-24(13)32)33-22(15-4-7-17(26)8-5-15)20-21(25(33)34)29-23(28-20)16-6-9-19(35-3)27-11-16/h4-12,22H,1-3H3,(H,28,29). The fourth-order valence-corrected chi connectivity index (χ4v) is 4.62. The molecule has 0 bridgehead atoms. The zero-order chi connectivity index (χ0) is 24.3. The van der Waals surface area contributed by atoms with Crippen LogP contribution in [-0.2, 0) is 0 Å². The van der Waals surface area contributed by atoms with Crippen molar-refractivity contribution in [2.24, 2.45) is 0 Å². The lowest BCUT2D eigenvalue weighted by Gasteiger charge is -2.26. The molecule has 6 rings (SSSR count). The number of fused-ring (bicyclic) bond motifs is 2. The maximum absolute atomic E-state index is 13.8. The fraction of sp³-hybridized carbons (Fsp3) is 0.160. The number of carbonyl (C=O) groups excluding carboxylic acids is 1. The normalized spacial score (nSPS) is 15.1. The molecule has 10 heteroatoms. The molecule has 0 fully saturated rings. The maximum Gasteiger partial charge on any atom is 0.279 e. The van der Waals surface area contributed by atoms with Crippen molar-refractivity contribution < 1.29 is 9.53 Å². The molecule has 0 radical (unpaired) electrons. The Kier molecular flexibility index (Phi) is 4.82. The van der Waals surface area contributed by atoms with E-state index in [2.05, 4.69) is 25.1 Å². The molecule has 1 unspecified atom stereocenters. The highest BCUT2D eigenvalue weighted by molar-refractivity contribution is 6.30. The smallest absolute Gasteiger partial charge is 0.279 e. The van der Waals surface area contributed by atoms with Gasteiger partial charge in [0.15, 0.2) is 11.3 Å². The Morgan fingerprint density at radius 2 is 1.89 bits per heavy atom. The third-order valence-corrected chi connectivity index (χ3v) is 6.46. The van der Waals surface area contributed by atoms with Gasteiger partial charge in [0.2, 0.25) is 5.88 Å². The van der Waals surface area contributed by atoms with Gasteiger partial charge < -0.3 is 9.72 Å². The minimum absolute atomic E-state index is 0.201. The van der Waals surface area contributed by atoms with Gasteiger partial charge in [-0.3, -0.25) is 14.1 Å². The number of hydrogen-bond donors (Lipinski definition) is 1. The van der Waals surface area contributed by atoms with Gasteiger partial charge in [-0.05, 0) is 49.2 Å². The van der Waals surface area contributed by atoms with E-state index in [-0.39, 0.29) is 5.91 Å².